The molecular weight excluding hydrogens is 302 g/mol. The molecule has 1 aliphatic heterocycles. The number of anilines is 2. The number of nitrogens with zero attached hydrogens (tertiary/aromatic N) is 4. The van der Waals surface area contributed by atoms with Crippen LogP contribution in [-0.4, -0.2) is 38.8 Å². The van der Waals surface area contributed by atoms with E-state index in [1.807, 2.05) is 37.1 Å². The number of hydrogen-bond donors (Lipinski definition) is 1. The molecule has 1 saturated heterocycles. The highest BCUT2D eigenvalue weighted by Crippen LogP contribution is 2.27. The Labute approximate surface area is 142 Å². The molecule has 24 heavy (non-hydrogen) atoms. The molecule has 1 N–H and O–H groups in total. The summed E-state index contributed by atoms with van der Waals surface area (Å²) in [6, 6.07) is 4.03. The van der Waals surface area contributed by atoms with Crippen molar-refractivity contribution in [1.29, 1.82) is 0 Å². The van der Waals surface area contributed by atoms with Gasteiger partial charge in [-0.1, -0.05) is 13.8 Å². The van der Waals surface area contributed by atoms with Crippen molar-refractivity contribution in [3.05, 3.63) is 42.6 Å². The van der Waals surface area contributed by atoms with Crippen molar-refractivity contribution in [2.75, 3.05) is 18.4 Å². The van der Waals surface area contributed by atoms with Gasteiger partial charge in [-0.3, -0.25) is 14.8 Å². The first kappa shape index (κ1) is 16.4. The monoisotopic (exact) mass is 325 g/mol. The second kappa shape index (κ2) is 7.38. The molecule has 126 valence electrons. The smallest absolute Gasteiger partial charge is 0.225 e. The van der Waals surface area contributed by atoms with Crippen molar-refractivity contribution < 1.29 is 4.79 Å². The van der Waals surface area contributed by atoms with Crippen molar-refractivity contribution in [2.45, 2.75) is 32.6 Å². The predicted molar refractivity (Wildman–Crippen MR) is 92.9 cm³/mol. The van der Waals surface area contributed by atoms with Crippen molar-refractivity contribution in [2.24, 2.45) is 5.92 Å². The van der Waals surface area contributed by atoms with Gasteiger partial charge in [0.15, 0.2) is 0 Å². The second-order valence-electron chi connectivity index (χ2n) is 6.47. The summed E-state index contributed by atoms with van der Waals surface area (Å²) in [5.41, 5.74) is 1.92. The third kappa shape index (κ3) is 3.88. The molecule has 1 amide bonds. The van der Waals surface area contributed by atoms with Crippen molar-refractivity contribution in [1.82, 2.24) is 19.9 Å². The number of carbonyl (C=O) groups is 1. The van der Waals surface area contributed by atoms with E-state index in [1.54, 1.807) is 18.6 Å². The number of likely N-dealkylation sites (tertiary alicyclic amines) is 1. The van der Waals surface area contributed by atoms with Crippen LogP contribution in [0.15, 0.2) is 36.9 Å². The van der Waals surface area contributed by atoms with E-state index in [9.17, 15) is 4.79 Å². The van der Waals surface area contributed by atoms with Gasteiger partial charge in [0.1, 0.15) is 5.82 Å². The van der Waals surface area contributed by atoms with Crippen LogP contribution in [0, 0.1) is 5.92 Å². The number of carbonyl (C=O) groups excluding carboxylic acids is 1. The summed E-state index contributed by atoms with van der Waals surface area (Å²) in [5, 5.41) is 3.18. The summed E-state index contributed by atoms with van der Waals surface area (Å²) in [5.74, 6) is 1.29. The van der Waals surface area contributed by atoms with Crippen LogP contribution in [0.25, 0.3) is 0 Å². The first-order chi connectivity index (χ1) is 11.6. The van der Waals surface area contributed by atoms with Crippen LogP contribution in [0.3, 0.4) is 0 Å². The van der Waals surface area contributed by atoms with Gasteiger partial charge in [-0.2, -0.15) is 0 Å². The minimum Gasteiger partial charge on any atom is -0.342 e. The lowest BCUT2D eigenvalue weighted by atomic mass is 9.93. The molecule has 1 fully saturated rings. The molecule has 2 aromatic heterocycles. The van der Waals surface area contributed by atoms with E-state index in [2.05, 4.69) is 20.3 Å². The number of nitrogens with one attached hydrogen (secondary N) is 1. The van der Waals surface area contributed by atoms with Crippen LogP contribution < -0.4 is 5.32 Å². The van der Waals surface area contributed by atoms with Crippen molar-refractivity contribution in [3.8, 4) is 0 Å². The fourth-order valence-electron chi connectivity index (χ4n) is 3.02. The summed E-state index contributed by atoms with van der Waals surface area (Å²) >= 11 is 0. The van der Waals surface area contributed by atoms with Crippen LogP contribution in [0.4, 0.5) is 11.5 Å². The fourth-order valence-corrected chi connectivity index (χ4v) is 3.02. The molecule has 1 atom stereocenters. The minimum atomic E-state index is 0.0512. The molecular formula is C18H23N5O. The van der Waals surface area contributed by atoms with Crippen molar-refractivity contribution >= 4 is 17.4 Å². The Morgan fingerprint density at radius 1 is 1.25 bits per heavy atom. The average Bonchev–Trinajstić information content (AvgIpc) is 2.62. The van der Waals surface area contributed by atoms with Crippen LogP contribution in [-0.2, 0) is 4.79 Å². The molecule has 6 heteroatoms. The van der Waals surface area contributed by atoms with E-state index in [4.69, 9.17) is 0 Å². The third-order valence-electron chi connectivity index (χ3n) is 4.27. The van der Waals surface area contributed by atoms with Gasteiger partial charge in [0.25, 0.3) is 0 Å². The minimum absolute atomic E-state index is 0.0512. The second-order valence-corrected chi connectivity index (χ2v) is 6.47. The molecule has 1 unspecified atom stereocenters. The average molecular weight is 325 g/mol. The molecule has 0 aliphatic carbocycles. The lowest BCUT2D eigenvalue weighted by Crippen LogP contribution is -2.41. The molecule has 0 radical (unpaired) electrons. The van der Waals surface area contributed by atoms with E-state index in [1.165, 1.54) is 0 Å². The molecule has 0 spiro atoms. The lowest BCUT2D eigenvalue weighted by Gasteiger charge is -2.33. The van der Waals surface area contributed by atoms with Crippen LogP contribution in [0.5, 0.6) is 0 Å². The number of hydrogen-bond acceptors (Lipinski definition) is 5. The summed E-state index contributed by atoms with van der Waals surface area (Å²) in [6.07, 6.45) is 8.88. The van der Waals surface area contributed by atoms with E-state index >= 15 is 0 Å². The number of piperidine rings is 1. The Kier molecular flexibility index (Phi) is 5.03. The maximum Gasteiger partial charge on any atom is 0.225 e. The summed E-state index contributed by atoms with van der Waals surface area (Å²) < 4.78 is 0. The Morgan fingerprint density at radius 2 is 2.12 bits per heavy atom. The maximum atomic E-state index is 12.2. The number of pyridine rings is 1. The molecule has 2 aromatic rings. The van der Waals surface area contributed by atoms with Gasteiger partial charge in [-0.15, -0.1) is 0 Å². The normalized spacial score (nSPS) is 17.8. The lowest BCUT2D eigenvalue weighted by molar-refractivity contribution is -0.135. The first-order valence-corrected chi connectivity index (χ1v) is 8.41. The van der Waals surface area contributed by atoms with Crippen molar-refractivity contribution in [3.63, 3.8) is 0 Å². The van der Waals surface area contributed by atoms with Gasteiger partial charge in [-0.25, -0.2) is 4.98 Å². The number of amides is 1. The number of rotatable bonds is 4. The summed E-state index contributed by atoms with van der Waals surface area (Å²) in [4.78, 5) is 27.0. The van der Waals surface area contributed by atoms with E-state index in [0.29, 0.717) is 11.7 Å². The van der Waals surface area contributed by atoms with Crippen LogP contribution >= 0.6 is 0 Å². The largest absolute Gasteiger partial charge is 0.342 e. The Hall–Kier alpha value is -2.50. The zero-order valence-electron chi connectivity index (χ0n) is 14.1. The molecule has 3 heterocycles. The van der Waals surface area contributed by atoms with E-state index < -0.39 is 0 Å². The van der Waals surface area contributed by atoms with Gasteiger partial charge in [0, 0.05) is 43.0 Å². The zero-order valence-corrected chi connectivity index (χ0v) is 14.1. The predicted octanol–water partition coefficient (Wildman–Crippen LogP) is 2.98. The molecule has 6 nitrogen and oxygen atoms in total. The van der Waals surface area contributed by atoms with Gasteiger partial charge in [-0.05, 0) is 25.0 Å². The fraction of sp³-hybridized carbons (Fsp3) is 0.444. The molecule has 0 bridgehead atoms. The van der Waals surface area contributed by atoms with Crippen LogP contribution in [0.2, 0.25) is 0 Å². The topological polar surface area (TPSA) is 71.0 Å². The van der Waals surface area contributed by atoms with Gasteiger partial charge >= 0.3 is 0 Å². The third-order valence-corrected chi connectivity index (χ3v) is 4.27. The van der Waals surface area contributed by atoms with Gasteiger partial charge in [0.05, 0.1) is 18.1 Å². The molecule has 0 saturated carbocycles. The molecule has 0 aromatic carbocycles. The SMILES string of the molecule is CC(C)C(=O)N1CCCC(c2ccc(Nc3cnccn3)cn2)C1. The van der Waals surface area contributed by atoms with Crippen LogP contribution in [0.1, 0.15) is 38.3 Å². The van der Waals surface area contributed by atoms with E-state index in [-0.39, 0.29) is 11.8 Å². The van der Waals surface area contributed by atoms with Gasteiger partial charge < -0.3 is 10.2 Å². The molecule has 3 rings (SSSR count). The highest BCUT2D eigenvalue weighted by molar-refractivity contribution is 5.78. The van der Waals surface area contributed by atoms with Gasteiger partial charge in [0.2, 0.25) is 5.91 Å². The quantitative estimate of drug-likeness (QED) is 0.936. The molecule has 1 aliphatic rings. The Bertz CT molecular complexity index is 672. The number of aromatic nitrogens is 3. The first-order valence-electron chi connectivity index (χ1n) is 8.41. The highest BCUT2D eigenvalue weighted by Gasteiger charge is 2.26. The standard InChI is InChI=1S/C18H23N5O/c1-13(2)18(24)23-9-3-4-14(12-23)16-6-5-15(10-21-16)22-17-11-19-7-8-20-17/h5-8,10-11,13-14H,3-4,9,12H2,1-2H3,(H,20,22). The highest BCUT2D eigenvalue weighted by atomic mass is 16.2. The summed E-state index contributed by atoms with van der Waals surface area (Å²) in [7, 11) is 0. The Balaban J connectivity index is 1.65. The Morgan fingerprint density at radius 3 is 2.79 bits per heavy atom. The zero-order chi connectivity index (χ0) is 16.9. The van der Waals surface area contributed by atoms with E-state index in [0.717, 1.165) is 37.3 Å². The maximum absolute atomic E-state index is 12.2. The summed E-state index contributed by atoms with van der Waals surface area (Å²) in [6.45, 7) is 5.54.